The first-order chi connectivity index (χ1) is 4.74. The molecule has 10 heavy (non-hydrogen) atoms. The van der Waals surface area contributed by atoms with Crippen LogP contribution in [-0.4, -0.2) is 5.11 Å². The molecular weight excluding hydrogens is 192 g/mol. The molecule has 0 aliphatic rings. The van der Waals surface area contributed by atoms with Gasteiger partial charge < -0.3 is 5.11 Å². The molecule has 0 aliphatic heterocycles. The van der Waals surface area contributed by atoms with Gasteiger partial charge in [-0.1, -0.05) is 28.1 Å². The van der Waals surface area contributed by atoms with E-state index in [1.807, 2.05) is 25.1 Å². The second-order valence-electron chi connectivity index (χ2n) is 2.25. The summed E-state index contributed by atoms with van der Waals surface area (Å²) in [6.07, 6.45) is 0. The molecule has 0 atom stereocenters. The highest BCUT2D eigenvalue weighted by molar-refractivity contribution is 9.10. The minimum Gasteiger partial charge on any atom is -0.392 e. The molecule has 0 heterocycles. The summed E-state index contributed by atoms with van der Waals surface area (Å²) < 4.78 is 0.981. The fourth-order valence-electron chi connectivity index (χ4n) is 0.781. The number of benzene rings is 1. The van der Waals surface area contributed by atoms with E-state index in [9.17, 15) is 0 Å². The third-order valence-corrected chi connectivity index (χ3v) is 2.12. The van der Waals surface area contributed by atoms with E-state index < -0.39 is 0 Å². The monoisotopic (exact) mass is 200 g/mol. The van der Waals surface area contributed by atoms with Crippen molar-refractivity contribution in [1.29, 1.82) is 0 Å². The Hall–Kier alpha value is -0.340. The average molecular weight is 201 g/mol. The van der Waals surface area contributed by atoms with Gasteiger partial charge in [-0.15, -0.1) is 0 Å². The molecule has 0 fully saturated rings. The van der Waals surface area contributed by atoms with Crippen LogP contribution in [0.5, 0.6) is 0 Å². The molecule has 0 amide bonds. The van der Waals surface area contributed by atoms with Crippen LogP contribution < -0.4 is 0 Å². The van der Waals surface area contributed by atoms with Crippen LogP contribution in [0.2, 0.25) is 0 Å². The minimum atomic E-state index is 0.0981. The second kappa shape index (κ2) is 3.17. The number of aliphatic hydroxyl groups is 1. The fourth-order valence-corrected chi connectivity index (χ4v) is 1.40. The quantitative estimate of drug-likeness (QED) is 0.738. The summed E-state index contributed by atoms with van der Waals surface area (Å²) in [4.78, 5) is 0. The zero-order valence-corrected chi connectivity index (χ0v) is 7.35. The molecule has 0 bridgehead atoms. The highest BCUT2D eigenvalue weighted by Gasteiger charge is 1.95. The van der Waals surface area contributed by atoms with E-state index in [2.05, 4.69) is 15.9 Å². The van der Waals surface area contributed by atoms with Gasteiger partial charge in [-0.2, -0.15) is 0 Å². The van der Waals surface area contributed by atoms with Gasteiger partial charge in [0.05, 0.1) is 6.61 Å². The van der Waals surface area contributed by atoms with Gasteiger partial charge in [0.1, 0.15) is 0 Å². The Bertz CT molecular complexity index is 233. The van der Waals surface area contributed by atoms with Gasteiger partial charge in [-0.3, -0.25) is 0 Å². The lowest BCUT2D eigenvalue weighted by Gasteiger charge is -1.99. The lowest BCUT2D eigenvalue weighted by molar-refractivity contribution is 0.281. The Balaban J connectivity index is 3.07. The van der Waals surface area contributed by atoms with Gasteiger partial charge in [-0.05, 0) is 24.1 Å². The molecule has 0 spiro atoms. The van der Waals surface area contributed by atoms with Crippen LogP contribution in [0.25, 0.3) is 0 Å². The number of aliphatic hydroxyl groups excluding tert-OH is 1. The maximum Gasteiger partial charge on any atom is 0.0692 e. The molecule has 2 heteroatoms. The van der Waals surface area contributed by atoms with Crippen LogP contribution in [-0.2, 0) is 6.61 Å². The molecule has 1 nitrogen and oxygen atoms in total. The van der Waals surface area contributed by atoms with Crippen molar-refractivity contribution in [2.45, 2.75) is 13.5 Å². The molecule has 0 aliphatic carbocycles. The van der Waals surface area contributed by atoms with E-state index >= 15 is 0 Å². The van der Waals surface area contributed by atoms with Crippen LogP contribution >= 0.6 is 15.9 Å². The van der Waals surface area contributed by atoms with Crippen LogP contribution in [0.3, 0.4) is 0 Å². The van der Waals surface area contributed by atoms with E-state index in [4.69, 9.17) is 5.11 Å². The van der Waals surface area contributed by atoms with Crippen LogP contribution in [0.1, 0.15) is 11.1 Å². The van der Waals surface area contributed by atoms with Crippen LogP contribution in [0.4, 0.5) is 0 Å². The zero-order chi connectivity index (χ0) is 7.56. The molecule has 0 aromatic heterocycles. The van der Waals surface area contributed by atoms with Gasteiger partial charge in [0, 0.05) is 4.47 Å². The molecule has 0 radical (unpaired) electrons. The Morgan fingerprint density at radius 2 is 2.20 bits per heavy atom. The number of halogens is 1. The van der Waals surface area contributed by atoms with E-state index in [-0.39, 0.29) is 6.61 Å². The van der Waals surface area contributed by atoms with E-state index in [0.29, 0.717) is 0 Å². The standard InChI is InChI=1S/C8H9BrO/c1-6-2-3-7(5-10)8(9)4-6/h2-4,10H,5H2,1H3. The molecular formula is C8H9BrO. The van der Waals surface area contributed by atoms with Gasteiger partial charge in [0.15, 0.2) is 0 Å². The van der Waals surface area contributed by atoms with Gasteiger partial charge in [0.25, 0.3) is 0 Å². The minimum absolute atomic E-state index is 0.0981. The molecule has 1 N–H and O–H groups in total. The second-order valence-corrected chi connectivity index (χ2v) is 3.11. The van der Waals surface area contributed by atoms with Crippen molar-refractivity contribution >= 4 is 15.9 Å². The van der Waals surface area contributed by atoms with Crippen LogP contribution in [0.15, 0.2) is 22.7 Å². The van der Waals surface area contributed by atoms with Crippen LogP contribution in [0, 0.1) is 6.92 Å². The van der Waals surface area contributed by atoms with Gasteiger partial charge in [-0.25, -0.2) is 0 Å². The summed E-state index contributed by atoms with van der Waals surface area (Å²) in [7, 11) is 0. The highest BCUT2D eigenvalue weighted by Crippen LogP contribution is 2.17. The van der Waals surface area contributed by atoms with Crippen molar-refractivity contribution in [1.82, 2.24) is 0 Å². The molecule has 1 aromatic rings. The third-order valence-electron chi connectivity index (χ3n) is 1.38. The molecule has 0 unspecified atom stereocenters. The lowest BCUT2D eigenvalue weighted by Crippen LogP contribution is -1.84. The lowest BCUT2D eigenvalue weighted by atomic mass is 10.2. The van der Waals surface area contributed by atoms with Crippen molar-refractivity contribution < 1.29 is 5.11 Å². The van der Waals surface area contributed by atoms with E-state index in [1.54, 1.807) is 0 Å². The summed E-state index contributed by atoms with van der Waals surface area (Å²) in [5, 5.41) is 8.78. The maximum absolute atomic E-state index is 8.78. The van der Waals surface area contributed by atoms with Crippen molar-refractivity contribution in [2.75, 3.05) is 0 Å². The maximum atomic E-state index is 8.78. The van der Waals surface area contributed by atoms with Crippen molar-refractivity contribution in [3.05, 3.63) is 33.8 Å². The van der Waals surface area contributed by atoms with E-state index in [1.165, 1.54) is 5.56 Å². The summed E-state index contributed by atoms with van der Waals surface area (Å²) in [6.45, 7) is 2.12. The Morgan fingerprint density at radius 3 is 2.70 bits per heavy atom. The summed E-state index contributed by atoms with van der Waals surface area (Å²) in [5.74, 6) is 0. The zero-order valence-electron chi connectivity index (χ0n) is 5.76. The van der Waals surface area contributed by atoms with Gasteiger partial charge >= 0.3 is 0 Å². The Kier molecular flexibility index (Phi) is 2.46. The summed E-state index contributed by atoms with van der Waals surface area (Å²) in [6, 6.07) is 5.89. The number of hydrogen-bond donors (Lipinski definition) is 1. The molecule has 1 aromatic carbocycles. The molecule has 0 saturated heterocycles. The first-order valence-electron chi connectivity index (χ1n) is 3.10. The molecule has 1 rings (SSSR count). The number of rotatable bonds is 1. The highest BCUT2D eigenvalue weighted by atomic mass is 79.9. The van der Waals surface area contributed by atoms with Crippen molar-refractivity contribution in [3.63, 3.8) is 0 Å². The Morgan fingerprint density at radius 1 is 1.50 bits per heavy atom. The first-order valence-corrected chi connectivity index (χ1v) is 3.89. The molecule has 54 valence electrons. The summed E-state index contributed by atoms with van der Waals surface area (Å²) >= 11 is 3.35. The fraction of sp³-hybridized carbons (Fsp3) is 0.250. The normalized spacial score (nSPS) is 9.90. The predicted octanol–water partition coefficient (Wildman–Crippen LogP) is 2.25. The third kappa shape index (κ3) is 1.58. The van der Waals surface area contributed by atoms with Crippen molar-refractivity contribution in [3.8, 4) is 0 Å². The summed E-state index contributed by atoms with van der Waals surface area (Å²) in [5.41, 5.74) is 2.13. The SMILES string of the molecule is Cc1ccc(CO)c(Br)c1. The van der Waals surface area contributed by atoms with E-state index in [0.717, 1.165) is 10.0 Å². The van der Waals surface area contributed by atoms with Gasteiger partial charge in [0.2, 0.25) is 0 Å². The van der Waals surface area contributed by atoms with Crippen molar-refractivity contribution in [2.24, 2.45) is 0 Å². The Labute approximate surface area is 68.8 Å². The largest absolute Gasteiger partial charge is 0.392 e. The smallest absolute Gasteiger partial charge is 0.0692 e. The first kappa shape index (κ1) is 7.76. The number of aryl methyl sites for hydroxylation is 1. The number of hydrogen-bond acceptors (Lipinski definition) is 1. The molecule has 0 saturated carbocycles. The average Bonchev–Trinajstić information content (AvgIpc) is 1.88. The predicted molar refractivity (Wildman–Crippen MR) is 44.8 cm³/mol. The topological polar surface area (TPSA) is 20.2 Å².